The first-order chi connectivity index (χ1) is 16.5. The summed E-state index contributed by atoms with van der Waals surface area (Å²) in [5.41, 5.74) is 5.04. The number of carboxylic acid groups (broad SMARTS) is 1. The fourth-order valence-electron chi connectivity index (χ4n) is 5.84. The van der Waals surface area contributed by atoms with Crippen molar-refractivity contribution in [3.8, 4) is 5.75 Å². The van der Waals surface area contributed by atoms with Crippen LogP contribution in [0.25, 0.3) is 10.9 Å². The van der Waals surface area contributed by atoms with Gasteiger partial charge in [-0.2, -0.15) is 0 Å². The topological polar surface area (TPSA) is 74.8 Å². The minimum Gasteiger partial charge on any atom is -0.490 e. The number of likely N-dealkylation sites (tertiary alicyclic amines) is 1. The molecule has 6 rings (SSSR count). The number of aromatic amines is 1. The summed E-state index contributed by atoms with van der Waals surface area (Å²) in [6, 6.07) is 11.9. The Kier molecular flexibility index (Phi) is 5.38. The molecule has 2 saturated heterocycles. The maximum Gasteiger partial charge on any atom is 0.335 e. The number of hydrogen-bond acceptors (Lipinski definition) is 4. The van der Waals surface area contributed by atoms with Gasteiger partial charge in [0.25, 0.3) is 0 Å². The molecule has 1 spiro atoms. The molecule has 1 aromatic heterocycles. The number of nitrogens with zero attached hydrogens (tertiary/aromatic N) is 1. The molecule has 6 nitrogen and oxygen atoms in total. The van der Waals surface area contributed by atoms with Crippen molar-refractivity contribution in [3.63, 3.8) is 0 Å². The number of fused-ring (bicyclic) bond motifs is 1. The molecule has 1 saturated carbocycles. The lowest BCUT2D eigenvalue weighted by atomic mass is 9.81. The molecule has 1 unspecified atom stereocenters. The lowest BCUT2D eigenvalue weighted by Crippen LogP contribution is -2.45. The molecule has 3 fully saturated rings. The molecular weight excluding hydrogens is 428 g/mol. The van der Waals surface area contributed by atoms with Crippen molar-refractivity contribution in [2.75, 3.05) is 13.2 Å². The van der Waals surface area contributed by atoms with E-state index in [1.807, 2.05) is 18.3 Å². The molecule has 34 heavy (non-hydrogen) atoms. The summed E-state index contributed by atoms with van der Waals surface area (Å²) in [6.07, 6.45) is 8.79. The molecular formula is C28H32N2O4. The van der Waals surface area contributed by atoms with Crippen LogP contribution in [-0.4, -0.2) is 45.8 Å². The van der Waals surface area contributed by atoms with Crippen molar-refractivity contribution in [1.82, 2.24) is 9.88 Å². The zero-order valence-corrected chi connectivity index (χ0v) is 19.7. The Morgan fingerprint density at radius 3 is 2.76 bits per heavy atom. The standard InChI is InChI=1S/C28H32N2O4/c1-18-15-25(34-21-7-8-21)23(22-9-12-29-26(18)22)17-30-13-11-28(10-2-14-33-28)16-24(30)19-3-5-20(6-4-19)27(31)32/h3-6,9,12,15,21,24,29H,2,7-8,10-11,13-14,16-17H2,1H3,(H,31,32)/t24-,28?/m0/s1. The first kappa shape index (κ1) is 21.7. The maximum absolute atomic E-state index is 11.4. The maximum atomic E-state index is 11.4. The summed E-state index contributed by atoms with van der Waals surface area (Å²) in [5, 5.41) is 10.6. The van der Waals surface area contributed by atoms with Crippen molar-refractivity contribution in [2.24, 2.45) is 0 Å². The van der Waals surface area contributed by atoms with Gasteiger partial charge in [-0.15, -0.1) is 0 Å². The fraction of sp³-hybridized carbons (Fsp3) is 0.464. The third-order valence-electron chi connectivity index (χ3n) is 7.88. The van der Waals surface area contributed by atoms with Crippen molar-refractivity contribution in [2.45, 2.75) is 69.7 Å². The van der Waals surface area contributed by atoms with Gasteiger partial charge >= 0.3 is 5.97 Å². The number of carbonyl (C=O) groups is 1. The van der Waals surface area contributed by atoms with E-state index >= 15 is 0 Å². The highest BCUT2D eigenvalue weighted by atomic mass is 16.5. The molecule has 2 aromatic carbocycles. The quantitative estimate of drug-likeness (QED) is 0.501. The first-order valence-corrected chi connectivity index (χ1v) is 12.5. The smallest absolute Gasteiger partial charge is 0.335 e. The van der Waals surface area contributed by atoms with Crippen molar-refractivity contribution in [3.05, 3.63) is 64.8 Å². The SMILES string of the molecule is Cc1cc(OC2CC2)c(CN2CCC3(CCCO3)C[C@H]2c2ccc(C(=O)O)cc2)c2cc[nH]c12. The zero-order chi connectivity index (χ0) is 23.3. The van der Waals surface area contributed by atoms with Crippen LogP contribution in [0.4, 0.5) is 0 Å². The highest BCUT2D eigenvalue weighted by molar-refractivity contribution is 5.88. The Balaban J connectivity index is 1.37. The number of benzene rings is 2. The fourth-order valence-corrected chi connectivity index (χ4v) is 5.84. The Bertz CT molecular complexity index is 1210. The number of aromatic carboxylic acids is 1. The van der Waals surface area contributed by atoms with Gasteiger partial charge in [0.15, 0.2) is 0 Å². The molecule has 2 aliphatic heterocycles. The van der Waals surface area contributed by atoms with E-state index < -0.39 is 5.97 Å². The van der Waals surface area contributed by atoms with Crippen molar-refractivity contribution < 1.29 is 19.4 Å². The minimum atomic E-state index is -0.890. The molecule has 0 radical (unpaired) electrons. The predicted molar refractivity (Wildman–Crippen MR) is 130 cm³/mol. The Labute approximate surface area is 199 Å². The first-order valence-electron chi connectivity index (χ1n) is 12.5. The summed E-state index contributed by atoms with van der Waals surface area (Å²) >= 11 is 0. The van der Waals surface area contributed by atoms with Crippen LogP contribution in [0.15, 0.2) is 42.6 Å². The van der Waals surface area contributed by atoms with Gasteiger partial charge in [0.05, 0.1) is 17.3 Å². The Morgan fingerprint density at radius 1 is 1.24 bits per heavy atom. The van der Waals surface area contributed by atoms with E-state index in [0.29, 0.717) is 11.7 Å². The molecule has 1 aliphatic carbocycles. The number of aryl methyl sites for hydroxylation is 1. The molecule has 0 amide bonds. The lowest BCUT2D eigenvalue weighted by Gasteiger charge is -2.45. The molecule has 2 N–H and O–H groups in total. The predicted octanol–water partition coefficient (Wildman–Crippen LogP) is 5.60. The number of aromatic nitrogens is 1. The van der Waals surface area contributed by atoms with E-state index in [4.69, 9.17) is 9.47 Å². The van der Waals surface area contributed by atoms with Crippen LogP contribution < -0.4 is 4.74 Å². The number of piperidine rings is 1. The van der Waals surface area contributed by atoms with Gasteiger partial charge in [0.2, 0.25) is 0 Å². The molecule has 3 aliphatic rings. The molecule has 2 atom stereocenters. The van der Waals surface area contributed by atoms with Gasteiger partial charge < -0.3 is 19.6 Å². The van der Waals surface area contributed by atoms with E-state index in [1.165, 1.54) is 22.0 Å². The van der Waals surface area contributed by atoms with Crippen molar-refractivity contribution in [1.29, 1.82) is 0 Å². The average Bonchev–Trinajstić information content (AvgIpc) is 3.31. The number of hydrogen-bond donors (Lipinski definition) is 2. The van der Waals surface area contributed by atoms with Crippen LogP contribution in [-0.2, 0) is 11.3 Å². The second kappa shape index (κ2) is 8.43. The van der Waals surface area contributed by atoms with Gasteiger partial charge in [-0.25, -0.2) is 4.79 Å². The Morgan fingerprint density at radius 2 is 2.06 bits per heavy atom. The summed E-state index contributed by atoms with van der Waals surface area (Å²) in [5.74, 6) is 0.114. The van der Waals surface area contributed by atoms with E-state index in [9.17, 15) is 9.90 Å². The second-order valence-corrected chi connectivity index (χ2v) is 10.3. The lowest BCUT2D eigenvalue weighted by molar-refractivity contribution is -0.0676. The second-order valence-electron chi connectivity index (χ2n) is 10.3. The number of ether oxygens (including phenoxy) is 2. The minimum absolute atomic E-state index is 0.0589. The molecule has 6 heteroatoms. The third kappa shape index (κ3) is 3.99. The average molecular weight is 461 g/mol. The van der Waals surface area contributed by atoms with Gasteiger partial charge in [0, 0.05) is 48.4 Å². The van der Waals surface area contributed by atoms with Crippen LogP contribution in [0.2, 0.25) is 0 Å². The van der Waals surface area contributed by atoms with E-state index in [2.05, 4.69) is 28.9 Å². The number of rotatable bonds is 6. The largest absolute Gasteiger partial charge is 0.490 e. The monoisotopic (exact) mass is 460 g/mol. The number of carboxylic acids is 1. The van der Waals surface area contributed by atoms with E-state index in [1.54, 1.807) is 12.1 Å². The number of nitrogens with one attached hydrogen (secondary N) is 1. The van der Waals surface area contributed by atoms with Gasteiger partial charge in [-0.05, 0) is 80.8 Å². The van der Waals surface area contributed by atoms with Gasteiger partial charge in [0.1, 0.15) is 5.75 Å². The van der Waals surface area contributed by atoms with Gasteiger partial charge in [-0.1, -0.05) is 12.1 Å². The zero-order valence-electron chi connectivity index (χ0n) is 19.7. The van der Waals surface area contributed by atoms with Crippen LogP contribution >= 0.6 is 0 Å². The van der Waals surface area contributed by atoms with Crippen LogP contribution in [0, 0.1) is 6.92 Å². The van der Waals surface area contributed by atoms with Crippen LogP contribution in [0.3, 0.4) is 0 Å². The van der Waals surface area contributed by atoms with Crippen LogP contribution in [0.1, 0.15) is 71.6 Å². The van der Waals surface area contributed by atoms with E-state index in [-0.39, 0.29) is 11.6 Å². The normalized spacial score (nSPS) is 25.3. The summed E-state index contributed by atoms with van der Waals surface area (Å²) in [7, 11) is 0. The number of H-pyrrole nitrogens is 1. The summed E-state index contributed by atoms with van der Waals surface area (Å²) in [6.45, 7) is 4.70. The van der Waals surface area contributed by atoms with E-state index in [0.717, 1.165) is 69.5 Å². The summed E-state index contributed by atoms with van der Waals surface area (Å²) in [4.78, 5) is 17.4. The van der Waals surface area contributed by atoms with Crippen molar-refractivity contribution >= 4 is 16.9 Å². The Hall–Kier alpha value is -2.83. The molecule has 3 aromatic rings. The summed E-state index contributed by atoms with van der Waals surface area (Å²) < 4.78 is 12.7. The third-order valence-corrected chi connectivity index (χ3v) is 7.88. The molecule has 178 valence electrons. The highest BCUT2D eigenvalue weighted by Gasteiger charge is 2.43. The molecule has 0 bridgehead atoms. The van der Waals surface area contributed by atoms with Crippen LogP contribution in [0.5, 0.6) is 5.75 Å². The highest BCUT2D eigenvalue weighted by Crippen LogP contribution is 2.45. The van der Waals surface area contributed by atoms with Gasteiger partial charge in [-0.3, -0.25) is 4.90 Å². The molecule has 3 heterocycles.